The van der Waals surface area contributed by atoms with Crippen LogP contribution in [0.1, 0.15) is 11.3 Å². The second-order valence-corrected chi connectivity index (χ2v) is 8.44. The van der Waals surface area contributed by atoms with Crippen LogP contribution in [0, 0.1) is 0 Å². The van der Waals surface area contributed by atoms with Crippen molar-refractivity contribution in [3.05, 3.63) is 75.2 Å². The summed E-state index contributed by atoms with van der Waals surface area (Å²) in [5.41, 5.74) is 2.70. The number of fused-ring (bicyclic) bond motifs is 1. The van der Waals surface area contributed by atoms with Crippen LogP contribution in [0.5, 0.6) is 5.75 Å². The molecule has 0 unspecified atom stereocenters. The van der Waals surface area contributed by atoms with Crippen molar-refractivity contribution in [1.82, 2.24) is 9.55 Å². The normalized spacial score (nSPS) is 12.8. The van der Waals surface area contributed by atoms with Gasteiger partial charge in [-0.1, -0.05) is 41.6 Å². The zero-order valence-corrected chi connectivity index (χ0v) is 17.0. The van der Waals surface area contributed by atoms with E-state index in [1.54, 1.807) is 23.4 Å². The van der Waals surface area contributed by atoms with Crippen LogP contribution in [0.4, 0.5) is 0 Å². The monoisotopic (exact) mass is 416 g/mol. The first-order valence-corrected chi connectivity index (χ1v) is 10.8. The van der Waals surface area contributed by atoms with E-state index in [2.05, 4.69) is 0 Å². The molecule has 3 aromatic rings. The zero-order chi connectivity index (χ0) is 18.8. The van der Waals surface area contributed by atoms with E-state index in [9.17, 15) is 4.79 Å². The molecule has 0 atom stereocenters. The third kappa shape index (κ3) is 3.74. The molecule has 0 saturated heterocycles. The van der Waals surface area contributed by atoms with E-state index >= 15 is 0 Å². The Balaban J connectivity index is 1.76. The number of aromatic nitrogens is 2. The summed E-state index contributed by atoms with van der Waals surface area (Å²) in [5, 5.41) is 1.41. The van der Waals surface area contributed by atoms with Crippen molar-refractivity contribution < 1.29 is 4.74 Å². The predicted molar refractivity (Wildman–Crippen MR) is 112 cm³/mol. The van der Waals surface area contributed by atoms with Crippen LogP contribution in [-0.4, -0.2) is 22.4 Å². The molecule has 1 aliphatic rings. The SMILES string of the molecule is COc1ccc(-n2c(SCc3ccccc3Cl)nc3c(c2=O)SCC3)cc1. The van der Waals surface area contributed by atoms with Crippen molar-refractivity contribution in [3.8, 4) is 11.4 Å². The molecule has 2 aromatic carbocycles. The number of nitrogens with zero attached hydrogens (tertiary/aromatic N) is 2. The number of benzene rings is 2. The van der Waals surface area contributed by atoms with Crippen molar-refractivity contribution in [3.63, 3.8) is 0 Å². The quantitative estimate of drug-likeness (QED) is 0.440. The minimum atomic E-state index is -0.00525. The molecule has 0 spiro atoms. The van der Waals surface area contributed by atoms with E-state index in [0.717, 1.165) is 44.8 Å². The Morgan fingerprint density at radius 2 is 2.00 bits per heavy atom. The van der Waals surface area contributed by atoms with Crippen LogP contribution in [0.2, 0.25) is 5.02 Å². The van der Waals surface area contributed by atoms with Crippen LogP contribution in [0.15, 0.2) is 63.4 Å². The number of thioether (sulfide) groups is 2. The lowest BCUT2D eigenvalue weighted by Gasteiger charge is -2.14. The van der Waals surface area contributed by atoms with Gasteiger partial charge in [0.05, 0.1) is 23.4 Å². The third-order valence-corrected chi connectivity index (χ3v) is 6.78. The van der Waals surface area contributed by atoms with E-state index in [-0.39, 0.29) is 5.56 Å². The Labute approximate surface area is 170 Å². The van der Waals surface area contributed by atoms with Crippen molar-refractivity contribution >= 4 is 35.1 Å². The molecule has 2 heterocycles. The molecule has 0 bridgehead atoms. The van der Waals surface area contributed by atoms with Gasteiger partial charge in [-0.2, -0.15) is 0 Å². The fraction of sp³-hybridized carbons (Fsp3) is 0.200. The largest absolute Gasteiger partial charge is 0.497 e. The average Bonchev–Trinajstić information content (AvgIpc) is 3.17. The van der Waals surface area contributed by atoms with Crippen LogP contribution in [0.3, 0.4) is 0 Å². The molecule has 0 amide bonds. The first-order valence-electron chi connectivity index (χ1n) is 8.46. The second kappa shape index (κ2) is 8.00. The molecule has 0 aliphatic carbocycles. The highest BCUT2D eigenvalue weighted by Gasteiger charge is 2.22. The first kappa shape index (κ1) is 18.5. The van der Waals surface area contributed by atoms with Crippen LogP contribution < -0.4 is 10.3 Å². The summed E-state index contributed by atoms with van der Waals surface area (Å²) < 4.78 is 6.92. The van der Waals surface area contributed by atoms with Gasteiger partial charge in [-0.25, -0.2) is 4.98 Å². The minimum absolute atomic E-state index is 0.00525. The molecule has 7 heteroatoms. The summed E-state index contributed by atoms with van der Waals surface area (Å²) in [6.07, 6.45) is 0.832. The summed E-state index contributed by atoms with van der Waals surface area (Å²) in [7, 11) is 1.62. The first-order chi connectivity index (χ1) is 13.2. The van der Waals surface area contributed by atoms with Gasteiger partial charge in [0.1, 0.15) is 5.75 Å². The van der Waals surface area contributed by atoms with E-state index in [1.807, 2.05) is 48.5 Å². The number of ether oxygens (including phenoxy) is 1. The van der Waals surface area contributed by atoms with E-state index in [4.69, 9.17) is 21.3 Å². The lowest BCUT2D eigenvalue weighted by Crippen LogP contribution is -2.23. The van der Waals surface area contributed by atoms with Crippen LogP contribution in [0.25, 0.3) is 5.69 Å². The summed E-state index contributed by atoms with van der Waals surface area (Å²) in [4.78, 5) is 18.7. The Morgan fingerprint density at radius 3 is 2.74 bits per heavy atom. The highest BCUT2D eigenvalue weighted by molar-refractivity contribution is 7.99. The minimum Gasteiger partial charge on any atom is -0.497 e. The van der Waals surface area contributed by atoms with E-state index < -0.39 is 0 Å². The highest BCUT2D eigenvalue weighted by atomic mass is 35.5. The molecule has 0 radical (unpaired) electrons. The van der Waals surface area contributed by atoms with Crippen LogP contribution >= 0.6 is 35.1 Å². The van der Waals surface area contributed by atoms with Gasteiger partial charge in [-0.3, -0.25) is 9.36 Å². The Bertz CT molecular complexity index is 1040. The molecule has 0 saturated carbocycles. The fourth-order valence-electron chi connectivity index (χ4n) is 2.91. The number of hydrogen-bond acceptors (Lipinski definition) is 5. The maximum Gasteiger partial charge on any atom is 0.272 e. The Kier molecular flexibility index (Phi) is 5.48. The van der Waals surface area contributed by atoms with Gasteiger partial charge in [-0.05, 0) is 35.9 Å². The van der Waals surface area contributed by atoms with Gasteiger partial charge < -0.3 is 4.74 Å². The number of hydrogen-bond donors (Lipinski definition) is 0. The van der Waals surface area contributed by atoms with Crippen molar-refractivity contribution in [2.24, 2.45) is 0 Å². The van der Waals surface area contributed by atoms with E-state index in [1.165, 1.54) is 11.8 Å². The Morgan fingerprint density at radius 1 is 1.22 bits per heavy atom. The van der Waals surface area contributed by atoms with Crippen molar-refractivity contribution in [1.29, 1.82) is 0 Å². The number of rotatable bonds is 5. The molecule has 138 valence electrons. The lowest BCUT2D eigenvalue weighted by molar-refractivity contribution is 0.414. The summed E-state index contributed by atoms with van der Waals surface area (Å²) in [6, 6.07) is 15.2. The molecule has 4 rings (SSSR count). The molecular formula is C20H17ClN2O2S2. The second-order valence-electron chi connectivity index (χ2n) is 5.99. The maximum atomic E-state index is 13.1. The number of methoxy groups -OCH3 is 1. The summed E-state index contributed by atoms with van der Waals surface area (Å²) in [6.45, 7) is 0. The topological polar surface area (TPSA) is 44.1 Å². The maximum absolute atomic E-state index is 13.1. The van der Waals surface area contributed by atoms with Gasteiger partial charge in [0.25, 0.3) is 5.56 Å². The Hall–Kier alpha value is -1.89. The third-order valence-electron chi connectivity index (χ3n) is 4.31. The van der Waals surface area contributed by atoms with Crippen molar-refractivity contribution in [2.45, 2.75) is 22.2 Å². The molecular weight excluding hydrogens is 400 g/mol. The van der Waals surface area contributed by atoms with Gasteiger partial charge in [0, 0.05) is 22.9 Å². The zero-order valence-electron chi connectivity index (χ0n) is 14.6. The number of aryl methyl sites for hydroxylation is 1. The van der Waals surface area contributed by atoms with Gasteiger partial charge in [0.2, 0.25) is 0 Å². The van der Waals surface area contributed by atoms with Gasteiger partial charge in [0.15, 0.2) is 5.16 Å². The van der Waals surface area contributed by atoms with Crippen molar-refractivity contribution in [2.75, 3.05) is 12.9 Å². The number of halogens is 1. The fourth-order valence-corrected chi connectivity index (χ4v) is 5.24. The molecule has 27 heavy (non-hydrogen) atoms. The highest BCUT2D eigenvalue weighted by Crippen LogP contribution is 2.32. The van der Waals surface area contributed by atoms with Crippen LogP contribution in [-0.2, 0) is 12.2 Å². The molecule has 4 nitrogen and oxygen atoms in total. The van der Waals surface area contributed by atoms with Gasteiger partial charge >= 0.3 is 0 Å². The van der Waals surface area contributed by atoms with E-state index in [0.29, 0.717) is 10.9 Å². The standard InChI is InChI=1S/C20H17ClN2O2S2/c1-25-15-8-6-14(7-9-15)23-19(24)18-17(10-11-26-18)22-20(23)27-12-13-4-2-3-5-16(13)21/h2-9H,10-12H2,1H3. The summed E-state index contributed by atoms with van der Waals surface area (Å²) >= 11 is 9.40. The lowest BCUT2D eigenvalue weighted by atomic mass is 10.2. The molecule has 0 fully saturated rings. The molecule has 0 N–H and O–H groups in total. The molecule has 1 aromatic heterocycles. The average molecular weight is 417 g/mol. The van der Waals surface area contributed by atoms with Gasteiger partial charge in [-0.15, -0.1) is 11.8 Å². The predicted octanol–water partition coefficient (Wildman–Crippen LogP) is 4.84. The summed E-state index contributed by atoms with van der Waals surface area (Å²) in [5.74, 6) is 2.30. The molecule has 1 aliphatic heterocycles. The smallest absolute Gasteiger partial charge is 0.272 e.